The molecular formula is C25H34FNO3S2. The Hall–Kier alpha value is -1.86. The highest BCUT2D eigenvalue weighted by Crippen LogP contribution is 2.44. The first-order valence-electron chi connectivity index (χ1n) is 11.1. The van der Waals surface area contributed by atoms with Crippen molar-refractivity contribution in [1.82, 2.24) is 0 Å². The van der Waals surface area contributed by atoms with Crippen LogP contribution in [0.2, 0.25) is 0 Å². The molecule has 176 valence electrons. The van der Waals surface area contributed by atoms with Crippen LogP contribution in [0.25, 0.3) is 0 Å². The number of ether oxygens (including phenoxy) is 1. The van der Waals surface area contributed by atoms with E-state index in [1.807, 2.05) is 30.0 Å². The van der Waals surface area contributed by atoms with Crippen LogP contribution in [0, 0.1) is 11.7 Å². The first-order valence-corrected chi connectivity index (χ1v) is 13.2. The van der Waals surface area contributed by atoms with E-state index in [0.717, 1.165) is 46.3 Å². The number of unbranched alkanes of at least 4 members (excludes halogenated alkanes) is 1. The summed E-state index contributed by atoms with van der Waals surface area (Å²) in [6.45, 7) is 7.41. The number of benzene rings is 2. The fourth-order valence-electron chi connectivity index (χ4n) is 3.20. The van der Waals surface area contributed by atoms with Crippen LogP contribution in [0.15, 0.2) is 41.3 Å². The molecule has 0 aliphatic carbocycles. The van der Waals surface area contributed by atoms with Crippen LogP contribution in [0.4, 0.5) is 15.8 Å². The molecule has 1 atom stereocenters. The number of aliphatic carboxylic acids is 1. The van der Waals surface area contributed by atoms with Crippen molar-refractivity contribution in [2.24, 2.45) is 5.92 Å². The maximum atomic E-state index is 13.4. The quantitative estimate of drug-likeness (QED) is 0.431. The third-order valence-electron chi connectivity index (χ3n) is 5.27. The molecule has 0 aromatic heterocycles. The van der Waals surface area contributed by atoms with Gasteiger partial charge in [-0.2, -0.15) is 0 Å². The van der Waals surface area contributed by atoms with E-state index in [1.54, 1.807) is 7.11 Å². The number of hydrogen-bond acceptors (Lipinski definition) is 5. The number of carboxylic acids is 1. The number of carbonyl (C=O) groups is 1. The molecule has 0 fully saturated rings. The summed E-state index contributed by atoms with van der Waals surface area (Å²) in [5.74, 6) is 1.85. The highest BCUT2D eigenvalue weighted by atomic mass is 32.2. The van der Waals surface area contributed by atoms with Crippen molar-refractivity contribution in [2.45, 2.75) is 50.7 Å². The fourth-order valence-corrected chi connectivity index (χ4v) is 5.22. The Labute approximate surface area is 199 Å². The zero-order chi connectivity index (χ0) is 23.5. The van der Waals surface area contributed by atoms with Crippen LogP contribution in [0.3, 0.4) is 0 Å². The lowest BCUT2D eigenvalue weighted by atomic mass is 10.1. The lowest BCUT2D eigenvalue weighted by molar-refractivity contribution is -0.133. The minimum absolute atomic E-state index is 0.0625. The molecule has 1 aliphatic rings. The first-order chi connectivity index (χ1) is 15.4. The van der Waals surface area contributed by atoms with E-state index in [-0.39, 0.29) is 11.6 Å². The molecular weight excluding hydrogens is 445 g/mol. The van der Waals surface area contributed by atoms with E-state index >= 15 is 0 Å². The van der Waals surface area contributed by atoms with E-state index < -0.39 is 5.97 Å². The van der Waals surface area contributed by atoms with Gasteiger partial charge in [-0.15, -0.1) is 23.5 Å². The SMILES string of the molecule is CCC1CSc2cc(CSCC(=O)O)c(OC)cc2N(c2ccc(F)cc2)C1.CCCC. The maximum Gasteiger partial charge on any atom is 0.313 e. The molecule has 7 heteroatoms. The van der Waals surface area contributed by atoms with Crippen LogP contribution in [-0.2, 0) is 10.5 Å². The summed E-state index contributed by atoms with van der Waals surface area (Å²) in [7, 11) is 1.63. The number of anilines is 2. The number of thioether (sulfide) groups is 2. The van der Waals surface area contributed by atoms with E-state index in [9.17, 15) is 9.18 Å². The lowest BCUT2D eigenvalue weighted by Gasteiger charge is -2.28. The highest BCUT2D eigenvalue weighted by molar-refractivity contribution is 7.99. The minimum atomic E-state index is -0.818. The summed E-state index contributed by atoms with van der Waals surface area (Å²) in [4.78, 5) is 14.2. The molecule has 0 saturated heterocycles. The zero-order valence-electron chi connectivity index (χ0n) is 19.4. The smallest absolute Gasteiger partial charge is 0.313 e. The Balaban J connectivity index is 0.000000837. The van der Waals surface area contributed by atoms with Gasteiger partial charge in [0.25, 0.3) is 0 Å². The van der Waals surface area contributed by atoms with Gasteiger partial charge in [0.15, 0.2) is 0 Å². The Morgan fingerprint density at radius 2 is 1.91 bits per heavy atom. The molecule has 2 aromatic rings. The van der Waals surface area contributed by atoms with Gasteiger partial charge in [-0.1, -0.05) is 40.0 Å². The Kier molecular flexibility index (Phi) is 11.2. The van der Waals surface area contributed by atoms with Crippen molar-refractivity contribution >= 4 is 40.9 Å². The third kappa shape index (κ3) is 7.62. The summed E-state index contributed by atoms with van der Waals surface area (Å²) < 4.78 is 19.0. The molecule has 0 spiro atoms. The molecule has 0 bridgehead atoms. The third-order valence-corrected chi connectivity index (χ3v) is 7.51. The Bertz CT molecular complexity index is 859. The number of carboxylic acid groups (broad SMARTS) is 1. The van der Waals surface area contributed by atoms with Crippen LogP contribution in [0.1, 0.15) is 45.6 Å². The predicted octanol–water partition coefficient (Wildman–Crippen LogP) is 7.23. The van der Waals surface area contributed by atoms with Gasteiger partial charge in [-0.25, -0.2) is 4.39 Å². The highest BCUT2D eigenvalue weighted by Gasteiger charge is 2.25. The van der Waals surface area contributed by atoms with Gasteiger partial charge < -0.3 is 14.7 Å². The average molecular weight is 480 g/mol. The van der Waals surface area contributed by atoms with Crippen molar-refractivity contribution in [3.05, 3.63) is 47.8 Å². The number of fused-ring (bicyclic) bond motifs is 1. The molecule has 4 nitrogen and oxygen atoms in total. The fraction of sp³-hybridized carbons (Fsp3) is 0.480. The average Bonchev–Trinajstić information content (AvgIpc) is 2.98. The molecule has 0 saturated carbocycles. The van der Waals surface area contributed by atoms with E-state index in [2.05, 4.69) is 31.7 Å². The molecule has 0 radical (unpaired) electrons. The van der Waals surface area contributed by atoms with Gasteiger partial charge in [0.1, 0.15) is 11.6 Å². The van der Waals surface area contributed by atoms with E-state index in [0.29, 0.717) is 11.7 Å². The van der Waals surface area contributed by atoms with Crippen LogP contribution >= 0.6 is 23.5 Å². The topological polar surface area (TPSA) is 49.8 Å². The molecule has 0 amide bonds. The van der Waals surface area contributed by atoms with Gasteiger partial charge in [0, 0.05) is 40.3 Å². The molecule has 32 heavy (non-hydrogen) atoms. The molecule has 1 aliphatic heterocycles. The van der Waals surface area contributed by atoms with Crippen molar-refractivity contribution in [2.75, 3.05) is 30.1 Å². The molecule has 1 heterocycles. The van der Waals surface area contributed by atoms with Crippen molar-refractivity contribution < 1.29 is 19.0 Å². The van der Waals surface area contributed by atoms with Gasteiger partial charge in [-0.05, 0) is 36.2 Å². The standard InChI is InChI=1S/C21H24FNO3S2.C4H10/c1-3-14-10-23(17-6-4-16(22)5-7-17)18-9-19(26-2)15(8-20(18)28-11-14)12-27-13-21(24)25;1-3-4-2/h4-9,14H,3,10-13H2,1-2H3,(H,24,25);3-4H2,1-2H3. The second-order valence-electron chi connectivity index (χ2n) is 7.69. The summed E-state index contributed by atoms with van der Waals surface area (Å²) >= 11 is 3.18. The van der Waals surface area contributed by atoms with E-state index in [1.165, 1.54) is 36.7 Å². The summed E-state index contributed by atoms with van der Waals surface area (Å²) in [5, 5.41) is 8.89. The molecule has 1 unspecified atom stereocenters. The summed E-state index contributed by atoms with van der Waals surface area (Å²) in [6, 6.07) is 10.7. The number of hydrogen-bond donors (Lipinski definition) is 1. The largest absolute Gasteiger partial charge is 0.496 e. The maximum absolute atomic E-state index is 13.4. The second kappa shape index (κ2) is 13.6. The predicted molar refractivity (Wildman–Crippen MR) is 135 cm³/mol. The first kappa shape index (κ1) is 26.4. The number of halogens is 1. The van der Waals surface area contributed by atoms with Gasteiger partial charge in [-0.3, -0.25) is 4.79 Å². The Morgan fingerprint density at radius 1 is 1.22 bits per heavy atom. The number of rotatable bonds is 8. The number of nitrogens with zero attached hydrogens (tertiary/aromatic N) is 1. The Morgan fingerprint density at radius 3 is 2.47 bits per heavy atom. The van der Waals surface area contributed by atoms with Crippen LogP contribution < -0.4 is 9.64 Å². The van der Waals surface area contributed by atoms with Gasteiger partial charge in [0.05, 0.1) is 18.6 Å². The zero-order valence-corrected chi connectivity index (χ0v) is 21.0. The van der Waals surface area contributed by atoms with Crippen molar-refractivity contribution in [3.63, 3.8) is 0 Å². The van der Waals surface area contributed by atoms with Crippen LogP contribution in [-0.4, -0.2) is 36.2 Å². The lowest BCUT2D eigenvalue weighted by Crippen LogP contribution is -2.24. The normalized spacial score (nSPS) is 15.3. The monoisotopic (exact) mass is 479 g/mol. The van der Waals surface area contributed by atoms with Gasteiger partial charge in [0.2, 0.25) is 0 Å². The molecule has 2 aromatic carbocycles. The van der Waals surface area contributed by atoms with E-state index in [4.69, 9.17) is 9.84 Å². The minimum Gasteiger partial charge on any atom is -0.496 e. The molecule has 3 rings (SSSR count). The van der Waals surface area contributed by atoms with Crippen molar-refractivity contribution in [3.8, 4) is 5.75 Å². The van der Waals surface area contributed by atoms with Crippen molar-refractivity contribution in [1.29, 1.82) is 0 Å². The second-order valence-corrected chi connectivity index (χ2v) is 9.74. The number of methoxy groups -OCH3 is 1. The summed E-state index contributed by atoms with van der Waals surface area (Å²) in [5.41, 5.74) is 3.00. The summed E-state index contributed by atoms with van der Waals surface area (Å²) in [6.07, 6.45) is 3.71. The van der Waals surface area contributed by atoms with Crippen LogP contribution in [0.5, 0.6) is 5.75 Å². The van der Waals surface area contributed by atoms with Gasteiger partial charge >= 0.3 is 5.97 Å². The molecule has 1 N–H and O–H groups in total.